The number of carbonyl (C=O) groups is 1. The Kier molecular flexibility index (Phi) is 3.80. The molecule has 0 unspecified atom stereocenters. The molecule has 0 spiro atoms. The molecule has 2 aromatic rings. The number of benzene rings is 1. The number of hydrogen-bond donors (Lipinski definition) is 2. The molecule has 19 heavy (non-hydrogen) atoms. The van der Waals surface area contributed by atoms with Crippen molar-refractivity contribution in [1.29, 1.82) is 0 Å². The first-order chi connectivity index (χ1) is 9.09. The molecular weight excluding hydrogens is 238 g/mol. The third-order valence-corrected chi connectivity index (χ3v) is 3.11. The number of carbonyl (C=O) groups excluding carboxylic acids is 1. The fourth-order valence-corrected chi connectivity index (χ4v) is 1.97. The van der Waals surface area contributed by atoms with Gasteiger partial charge in [0.1, 0.15) is 0 Å². The maximum Gasteiger partial charge on any atom is 0.253 e. The van der Waals surface area contributed by atoms with Gasteiger partial charge in [0.25, 0.3) is 5.91 Å². The number of nitrogens with one attached hydrogen (secondary N) is 1. The molecular formula is C15H17N3O. The van der Waals surface area contributed by atoms with Gasteiger partial charge in [0.2, 0.25) is 0 Å². The van der Waals surface area contributed by atoms with Gasteiger partial charge in [0.05, 0.1) is 5.56 Å². The average molecular weight is 255 g/mol. The van der Waals surface area contributed by atoms with Gasteiger partial charge in [-0.25, -0.2) is 0 Å². The van der Waals surface area contributed by atoms with E-state index in [0.717, 1.165) is 16.7 Å². The van der Waals surface area contributed by atoms with Crippen LogP contribution in [0, 0.1) is 13.8 Å². The summed E-state index contributed by atoms with van der Waals surface area (Å²) in [5.41, 5.74) is 9.89. The molecule has 1 aromatic carbocycles. The number of pyridine rings is 1. The monoisotopic (exact) mass is 255 g/mol. The highest BCUT2D eigenvalue weighted by atomic mass is 16.1. The quantitative estimate of drug-likeness (QED) is 0.826. The molecule has 3 N–H and O–H groups in total. The average Bonchev–Trinajstić information content (AvgIpc) is 2.37. The van der Waals surface area contributed by atoms with E-state index in [9.17, 15) is 4.79 Å². The van der Waals surface area contributed by atoms with E-state index in [1.54, 1.807) is 18.5 Å². The van der Waals surface area contributed by atoms with E-state index in [-0.39, 0.29) is 5.91 Å². The van der Waals surface area contributed by atoms with E-state index in [0.29, 0.717) is 17.8 Å². The Hall–Kier alpha value is -2.36. The van der Waals surface area contributed by atoms with Crippen molar-refractivity contribution >= 4 is 11.6 Å². The van der Waals surface area contributed by atoms with Crippen molar-refractivity contribution in [3.63, 3.8) is 0 Å². The summed E-state index contributed by atoms with van der Waals surface area (Å²) in [7, 11) is 0. The maximum atomic E-state index is 12.2. The van der Waals surface area contributed by atoms with Crippen molar-refractivity contribution in [3.05, 3.63) is 58.9 Å². The van der Waals surface area contributed by atoms with E-state index < -0.39 is 0 Å². The molecule has 0 aliphatic carbocycles. The second-order valence-corrected chi connectivity index (χ2v) is 4.52. The highest BCUT2D eigenvalue weighted by molar-refractivity contribution is 6.00. The van der Waals surface area contributed by atoms with Crippen LogP contribution in [-0.4, -0.2) is 10.9 Å². The minimum atomic E-state index is -0.146. The molecule has 0 bridgehead atoms. The number of amides is 1. The Morgan fingerprint density at radius 3 is 2.74 bits per heavy atom. The highest BCUT2D eigenvalue weighted by Crippen LogP contribution is 2.16. The van der Waals surface area contributed by atoms with Crippen LogP contribution < -0.4 is 11.1 Å². The van der Waals surface area contributed by atoms with Crippen LogP contribution >= 0.6 is 0 Å². The third-order valence-electron chi connectivity index (χ3n) is 3.11. The first kappa shape index (κ1) is 13.1. The first-order valence-electron chi connectivity index (χ1n) is 6.12. The maximum absolute atomic E-state index is 12.2. The second kappa shape index (κ2) is 5.52. The molecule has 1 heterocycles. The van der Waals surface area contributed by atoms with Crippen molar-refractivity contribution in [2.45, 2.75) is 20.4 Å². The lowest BCUT2D eigenvalue weighted by atomic mass is 10.1. The number of aryl methyl sites for hydroxylation is 2. The van der Waals surface area contributed by atoms with E-state index in [2.05, 4.69) is 10.3 Å². The summed E-state index contributed by atoms with van der Waals surface area (Å²) in [4.78, 5) is 16.2. The van der Waals surface area contributed by atoms with Crippen molar-refractivity contribution in [2.75, 3.05) is 5.73 Å². The standard InChI is InChI=1S/C15H17N3O/c1-10-4-3-5-13(16)14(10)15(19)18-9-12-6-7-17-8-11(12)2/h3-8H,9,16H2,1-2H3,(H,18,19). The number of hydrogen-bond acceptors (Lipinski definition) is 3. The molecule has 0 atom stereocenters. The molecule has 0 radical (unpaired) electrons. The lowest BCUT2D eigenvalue weighted by molar-refractivity contribution is 0.0951. The van der Waals surface area contributed by atoms with Crippen LogP contribution in [-0.2, 0) is 6.54 Å². The Bertz CT molecular complexity index is 588. The Morgan fingerprint density at radius 1 is 1.26 bits per heavy atom. The van der Waals surface area contributed by atoms with Crippen LogP contribution in [0.1, 0.15) is 27.0 Å². The van der Waals surface area contributed by atoms with Crippen molar-refractivity contribution in [2.24, 2.45) is 0 Å². The summed E-state index contributed by atoms with van der Waals surface area (Å²) in [5, 5.41) is 2.89. The van der Waals surface area contributed by atoms with Crippen LogP contribution in [0.25, 0.3) is 0 Å². The van der Waals surface area contributed by atoms with Gasteiger partial charge in [-0.05, 0) is 42.7 Å². The van der Waals surface area contributed by atoms with Crippen LogP contribution in [0.4, 0.5) is 5.69 Å². The van der Waals surface area contributed by atoms with Crippen LogP contribution in [0.5, 0.6) is 0 Å². The fraction of sp³-hybridized carbons (Fsp3) is 0.200. The van der Waals surface area contributed by atoms with Gasteiger partial charge in [0, 0.05) is 24.6 Å². The van der Waals surface area contributed by atoms with Gasteiger partial charge in [0.15, 0.2) is 0 Å². The van der Waals surface area contributed by atoms with Gasteiger partial charge in [-0.15, -0.1) is 0 Å². The predicted octanol–water partition coefficient (Wildman–Crippen LogP) is 2.21. The number of nitrogens with zero attached hydrogens (tertiary/aromatic N) is 1. The fourth-order valence-electron chi connectivity index (χ4n) is 1.97. The predicted molar refractivity (Wildman–Crippen MR) is 75.7 cm³/mol. The molecule has 0 saturated heterocycles. The van der Waals surface area contributed by atoms with Gasteiger partial charge in [-0.2, -0.15) is 0 Å². The summed E-state index contributed by atoms with van der Waals surface area (Å²) in [5.74, 6) is -0.146. The number of anilines is 1. The summed E-state index contributed by atoms with van der Waals surface area (Å²) >= 11 is 0. The summed E-state index contributed by atoms with van der Waals surface area (Å²) < 4.78 is 0. The zero-order valence-electron chi connectivity index (χ0n) is 11.1. The smallest absolute Gasteiger partial charge is 0.253 e. The second-order valence-electron chi connectivity index (χ2n) is 4.52. The van der Waals surface area contributed by atoms with Gasteiger partial charge < -0.3 is 11.1 Å². The molecule has 0 saturated carbocycles. The Balaban J connectivity index is 2.13. The van der Waals surface area contributed by atoms with Gasteiger partial charge >= 0.3 is 0 Å². The van der Waals surface area contributed by atoms with Gasteiger partial charge in [-0.1, -0.05) is 12.1 Å². The minimum absolute atomic E-state index is 0.146. The lowest BCUT2D eigenvalue weighted by Crippen LogP contribution is -2.25. The van der Waals surface area contributed by atoms with Crippen LogP contribution in [0.3, 0.4) is 0 Å². The molecule has 0 fully saturated rings. The molecule has 4 heteroatoms. The Morgan fingerprint density at radius 2 is 2.05 bits per heavy atom. The SMILES string of the molecule is Cc1cnccc1CNC(=O)c1c(C)cccc1N. The molecule has 1 aromatic heterocycles. The highest BCUT2D eigenvalue weighted by Gasteiger charge is 2.12. The van der Waals surface area contributed by atoms with Crippen LogP contribution in [0.2, 0.25) is 0 Å². The Labute approximate surface area is 112 Å². The molecule has 0 aliphatic heterocycles. The first-order valence-corrected chi connectivity index (χ1v) is 6.12. The topological polar surface area (TPSA) is 68.0 Å². The van der Waals surface area contributed by atoms with Gasteiger partial charge in [-0.3, -0.25) is 9.78 Å². The molecule has 2 rings (SSSR count). The lowest BCUT2D eigenvalue weighted by Gasteiger charge is -2.11. The zero-order valence-corrected chi connectivity index (χ0v) is 11.1. The normalized spacial score (nSPS) is 10.2. The van der Waals surface area contributed by atoms with Crippen molar-refractivity contribution in [3.8, 4) is 0 Å². The number of nitrogen functional groups attached to an aromatic ring is 1. The zero-order chi connectivity index (χ0) is 13.8. The molecule has 0 aliphatic rings. The number of aromatic nitrogens is 1. The molecule has 1 amide bonds. The molecule has 4 nitrogen and oxygen atoms in total. The summed E-state index contributed by atoms with van der Waals surface area (Å²) in [6, 6.07) is 7.36. The summed E-state index contributed by atoms with van der Waals surface area (Å²) in [6.07, 6.45) is 3.50. The van der Waals surface area contributed by atoms with Crippen LogP contribution in [0.15, 0.2) is 36.7 Å². The van der Waals surface area contributed by atoms with E-state index in [1.807, 2.05) is 32.0 Å². The number of rotatable bonds is 3. The summed E-state index contributed by atoms with van der Waals surface area (Å²) in [6.45, 7) is 4.32. The molecule has 98 valence electrons. The number of nitrogens with two attached hydrogens (primary N) is 1. The van der Waals surface area contributed by atoms with E-state index >= 15 is 0 Å². The van der Waals surface area contributed by atoms with Crippen molar-refractivity contribution in [1.82, 2.24) is 10.3 Å². The van der Waals surface area contributed by atoms with E-state index in [1.165, 1.54) is 0 Å². The van der Waals surface area contributed by atoms with Crippen molar-refractivity contribution < 1.29 is 4.79 Å². The van der Waals surface area contributed by atoms with E-state index in [4.69, 9.17) is 5.73 Å². The third kappa shape index (κ3) is 2.91. The largest absolute Gasteiger partial charge is 0.398 e. The minimum Gasteiger partial charge on any atom is -0.398 e.